The minimum Gasteiger partial charge on any atom is -0.482 e. The first-order chi connectivity index (χ1) is 12.1. The number of anilines is 1. The van der Waals surface area contributed by atoms with Crippen molar-refractivity contribution < 1.29 is 18.7 Å². The largest absolute Gasteiger partial charge is 0.482 e. The summed E-state index contributed by atoms with van der Waals surface area (Å²) in [5, 5.41) is 5.65. The van der Waals surface area contributed by atoms with Crippen molar-refractivity contribution in [2.45, 2.75) is 17.4 Å². The number of fused-ring (bicyclic) bond motifs is 2. The van der Waals surface area contributed by atoms with Gasteiger partial charge in [0, 0.05) is 16.2 Å². The molecule has 0 bridgehead atoms. The second kappa shape index (κ2) is 6.40. The van der Waals surface area contributed by atoms with Gasteiger partial charge in [0.1, 0.15) is 11.6 Å². The van der Waals surface area contributed by atoms with Gasteiger partial charge in [0.05, 0.1) is 11.7 Å². The number of thioether (sulfide) groups is 1. The van der Waals surface area contributed by atoms with Gasteiger partial charge in [-0.3, -0.25) is 9.59 Å². The van der Waals surface area contributed by atoms with Gasteiger partial charge >= 0.3 is 0 Å². The highest BCUT2D eigenvalue weighted by Gasteiger charge is 2.24. The van der Waals surface area contributed by atoms with Crippen LogP contribution in [0.1, 0.15) is 28.4 Å². The Bertz CT molecular complexity index is 871. The Morgan fingerprint density at radius 2 is 2.16 bits per heavy atom. The normalized spacial score (nSPS) is 18.4. The van der Waals surface area contributed by atoms with E-state index in [2.05, 4.69) is 10.6 Å². The molecule has 0 fully saturated rings. The van der Waals surface area contributed by atoms with Crippen LogP contribution in [0, 0.1) is 5.82 Å². The summed E-state index contributed by atoms with van der Waals surface area (Å²) in [7, 11) is 0. The van der Waals surface area contributed by atoms with E-state index >= 15 is 0 Å². The lowest BCUT2D eigenvalue weighted by molar-refractivity contribution is -0.118. The minimum atomic E-state index is -0.311. The SMILES string of the molecule is O=C1COc2ccc(C(=O)NC3CCSc4ccc(F)cc43)cc2N1. The number of hydrogen-bond acceptors (Lipinski definition) is 4. The summed E-state index contributed by atoms with van der Waals surface area (Å²) in [5.41, 5.74) is 1.70. The van der Waals surface area contributed by atoms with Crippen molar-refractivity contribution in [1.29, 1.82) is 0 Å². The molecule has 7 heteroatoms. The molecule has 0 aliphatic carbocycles. The van der Waals surface area contributed by atoms with Crippen LogP contribution in [0.25, 0.3) is 0 Å². The Labute approximate surface area is 147 Å². The van der Waals surface area contributed by atoms with Crippen LogP contribution in [0.15, 0.2) is 41.3 Å². The van der Waals surface area contributed by atoms with Gasteiger partial charge in [0.25, 0.3) is 11.8 Å². The Kier molecular flexibility index (Phi) is 4.09. The number of carbonyl (C=O) groups is 2. The molecular weight excluding hydrogens is 343 g/mol. The third kappa shape index (κ3) is 3.19. The summed E-state index contributed by atoms with van der Waals surface area (Å²) < 4.78 is 18.9. The maximum absolute atomic E-state index is 13.6. The van der Waals surface area contributed by atoms with Crippen LogP contribution < -0.4 is 15.4 Å². The van der Waals surface area contributed by atoms with Crippen molar-refractivity contribution in [3.63, 3.8) is 0 Å². The number of rotatable bonds is 2. The molecule has 2 aliphatic rings. The quantitative estimate of drug-likeness (QED) is 0.866. The summed E-state index contributed by atoms with van der Waals surface area (Å²) in [6, 6.07) is 9.33. The summed E-state index contributed by atoms with van der Waals surface area (Å²) in [6.45, 7) is -0.0272. The number of halogens is 1. The lowest BCUT2D eigenvalue weighted by Gasteiger charge is -2.26. The lowest BCUT2D eigenvalue weighted by atomic mass is 10.0. The summed E-state index contributed by atoms with van der Waals surface area (Å²) in [4.78, 5) is 25.0. The van der Waals surface area contributed by atoms with Crippen molar-refractivity contribution in [2.75, 3.05) is 17.7 Å². The zero-order valence-electron chi connectivity index (χ0n) is 13.2. The second-order valence-electron chi connectivity index (χ2n) is 5.89. The molecule has 0 aromatic heterocycles. The van der Waals surface area contributed by atoms with Crippen molar-refractivity contribution in [3.05, 3.63) is 53.3 Å². The maximum atomic E-state index is 13.6. The molecule has 1 atom stereocenters. The average Bonchev–Trinajstić information content (AvgIpc) is 2.61. The van der Waals surface area contributed by atoms with Gasteiger partial charge < -0.3 is 15.4 Å². The third-order valence-corrected chi connectivity index (χ3v) is 5.31. The van der Waals surface area contributed by atoms with Gasteiger partial charge in [-0.15, -0.1) is 11.8 Å². The van der Waals surface area contributed by atoms with E-state index in [4.69, 9.17) is 4.74 Å². The average molecular weight is 358 g/mol. The van der Waals surface area contributed by atoms with Gasteiger partial charge in [-0.1, -0.05) is 0 Å². The van der Waals surface area contributed by atoms with E-state index in [1.165, 1.54) is 12.1 Å². The smallest absolute Gasteiger partial charge is 0.262 e. The Morgan fingerprint density at radius 1 is 1.28 bits per heavy atom. The summed E-state index contributed by atoms with van der Waals surface area (Å²) >= 11 is 1.66. The highest BCUT2D eigenvalue weighted by atomic mass is 32.2. The Balaban J connectivity index is 1.56. The highest BCUT2D eigenvalue weighted by molar-refractivity contribution is 7.99. The van der Waals surface area contributed by atoms with E-state index in [1.54, 1.807) is 36.0 Å². The molecule has 2 N–H and O–H groups in total. The number of ether oxygens (including phenoxy) is 1. The molecule has 2 aliphatic heterocycles. The molecule has 4 rings (SSSR count). The van der Waals surface area contributed by atoms with Crippen LogP contribution >= 0.6 is 11.8 Å². The van der Waals surface area contributed by atoms with E-state index in [0.717, 1.165) is 22.6 Å². The first-order valence-corrected chi connectivity index (χ1v) is 8.88. The van der Waals surface area contributed by atoms with Crippen molar-refractivity contribution >= 4 is 29.3 Å². The molecule has 2 aromatic rings. The molecule has 128 valence electrons. The first kappa shape index (κ1) is 16.0. The van der Waals surface area contributed by atoms with E-state index < -0.39 is 0 Å². The van der Waals surface area contributed by atoms with Gasteiger partial charge in [-0.05, 0) is 48.4 Å². The topological polar surface area (TPSA) is 67.4 Å². The first-order valence-electron chi connectivity index (χ1n) is 7.90. The van der Waals surface area contributed by atoms with Gasteiger partial charge in [-0.2, -0.15) is 0 Å². The molecule has 2 amide bonds. The molecule has 1 unspecified atom stereocenters. The molecule has 0 saturated heterocycles. The fourth-order valence-corrected chi connectivity index (χ4v) is 4.09. The zero-order valence-corrected chi connectivity index (χ0v) is 14.0. The molecule has 0 radical (unpaired) electrons. The van der Waals surface area contributed by atoms with E-state index in [0.29, 0.717) is 17.0 Å². The molecule has 2 aromatic carbocycles. The minimum absolute atomic E-state index is 0.0272. The number of hydrogen-bond donors (Lipinski definition) is 2. The van der Waals surface area contributed by atoms with Crippen LogP contribution in [0.3, 0.4) is 0 Å². The van der Waals surface area contributed by atoms with Crippen LogP contribution in [-0.4, -0.2) is 24.2 Å². The van der Waals surface area contributed by atoms with Crippen molar-refractivity contribution in [2.24, 2.45) is 0 Å². The second-order valence-corrected chi connectivity index (χ2v) is 7.03. The number of carbonyl (C=O) groups excluding carboxylic acids is 2. The van der Waals surface area contributed by atoms with Gasteiger partial charge in [0.15, 0.2) is 6.61 Å². The maximum Gasteiger partial charge on any atom is 0.262 e. The summed E-state index contributed by atoms with van der Waals surface area (Å²) in [6.07, 6.45) is 0.734. The number of amides is 2. The van der Waals surface area contributed by atoms with E-state index in [9.17, 15) is 14.0 Å². The van der Waals surface area contributed by atoms with E-state index in [1.807, 2.05) is 0 Å². The fraction of sp³-hybridized carbons (Fsp3) is 0.222. The number of benzene rings is 2. The highest BCUT2D eigenvalue weighted by Crippen LogP contribution is 2.37. The van der Waals surface area contributed by atoms with Crippen LogP contribution in [-0.2, 0) is 4.79 Å². The van der Waals surface area contributed by atoms with Crippen LogP contribution in [0.5, 0.6) is 5.75 Å². The zero-order chi connectivity index (χ0) is 17.4. The van der Waals surface area contributed by atoms with Gasteiger partial charge in [-0.25, -0.2) is 4.39 Å². The Hall–Kier alpha value is -2.54. The molecule has 2 heterocycles. The number of nitrogens with one attached hydrogen (secondary N) is 2. The lowest BCUT2D eigenvalue weighted by Crippen LogP contribution is -2.31. The molecule has 0 saturated carbocycles. The third-order valence-electron chi connectivity index (χ3n) is 4.19. The molecular formula is C18H15FN2O3S. The Morgan fingerprint density at radius 3 is 3.04 bits per heavy atom. The van der Waals surface area contributed by atoms with Crippen LogP contribution in [0.4, 0.5) is 10.1 Å². The molecule has 25 heavy (non-hydrogen) atoms. The van der Waals surface area contributed by atoms with Crippen molar-refractivity contribution in [3.8, 4) is 5.75 Å². The van der Waals surface area contributed by atoms with E-state index in [-0.39, 0.29) is 30.3 Å². The summed E-state index contributed by atoms with van der Waals surface area (Å²) in [5.74, 6) is 0.567. The predicted molar refractivity (Wildman–Crippen MR) is 92.5 cm³/mol. The molecule has 0 spiro atoms. The van der Waals surface area contributed by atoms with Crippen molar-refractivity contribution in [1.82, 2.24) is 5.32 Å². The van der Waals surface area contributed by atoms with Crippen LogP contribution in [0.2, 0.25) is 0 Å². The standard InChI is InChI=1S/C18H15FN2O3S/c19-11-2-4-16-12(8-11)13(5-6-25-16)21-18(23)10-1-3-15-14(7-10)20-17(22)9-24-15/h1-4,7-8,13H,5-6,9H2,(H,20,22)(H,21,23). The van der Waals surface area contributed by atoms with Gasteiger partial charge in [0.2, 0.25) is 0 Å². The fourth-order valence-electron chi connectivity index (χ4n) is 2.98. The predicted octanol–water partition coefficient (Wildman–Crippen LogP) is 3.12. The molecule has 5 nitrogen and oxygen atoms in total. The monoisotopic (exact) mass is 358 g/mol.